The van der Waals surface area contributed by atoms with Crippen LogP contribution < -0.4 is 5.56 Å². The number of fused-ring (bicyclic) bond motifs is 1. The molecule has 0 fully saturated rings. The zero-order chi connectivity index (χ0) is 15.7. The van der Waals surface area contributed by atoms with Crippen molar-refractivity contribution in [2.45, 2.75) is 31.3 Å². The lowest BCUT2D eigenvalue weighted by Crippen LogP contribution is -2.22. The van der Waals surface area contributed by atoms with Gasteiger partial charge in [0.1, 0.15) is 11.1 Å². The summed E-state index contributed by atoms with van der Waals surface area (Å²) in [6.45, 7) is 8.16. The second kappa shape index (κ2) is 6.10. The van der Waals surface area contributed by atoms with E-state index in [1.54, 1.807) is 28.0 Å². The highest BCUT2D eigenvalue weighted by atomic mass is 32.2. The molecule has 0 atom stereocenters. The molecule has 3 heterocycles. The smallest absolute Gasteiger partial charge is 0.263 e. The molecule has 0 radical (unpaired) electrons. The normalized spacial score (nSPS) is 11.2. The van der Waals surface area contributed by atoms with Gasteiger partial charge in [-0.2, -0.15) is 0 Å². The summed E-state index contributed by atoms with van der Waals surface area (Å²) < 4.78 is 6.49. The van der Waals surface area contributed by atoms with Gasteiger partial charge in [-0.15, -0.1) is 17.9 Å². The highest BCUT2D eigenvalue weighted by Crippen LogP contribution is 2.29. The van der Waals surface area contributed by atoms with Gasteiger partial charge < -0.3 is 4.52 Å². The average molecular weight is 333 g/mol. The Morgan fingerprint density at radius 3 is 3.00 bits per heavy atom. The minimum Gasteiger partial charge on any atom is -0.364 e. The molecular weight excluding hydrogens is 318 g/mol. The Balaban J connectivity index is 2.09. The predicted molar refractivity (Wildman–Crippen MR) is 89.6 cm³/mol. The van der Waals surface area contributed by atoms with Crippen LogP contribution in [0.2, 0.25) is 0 Å². The van der Waals surface area contributed by atoms with Gasteiger partial charge in [0.15, 0.2) is 5.16 Å². The molecule has 3 aromatic heterocycles. The lowest BCUT2D eigenvalue weighted by Gasteiger charge is -2.09. The van der Waals surface area contributed by atoms with Crippen molar-refractivity contribution in [3.63, 3.8) is 0 Å². The molecule has 0 N–H and O–H groups in total. The minimum atomic E-state index is -0.00518. The zero-order valence-electron chi connectivity index (χ0n) is 12.3. The number of aryl methyl sites for hydroxylation is 2. The maximum atomic E-state index is 12.8. The second-order valence-electron chi connectivity index (χ2n) is 4.84. The van der Waals surface area contributed by atoms with Gasteiger partial charge >= 0.3 is 0 Å². The Hall–Kier alpha value is -1.86. The van der Waals surface area contributed by atoms with Gasteiger partial charge in [-0.05, 0) is 19.4 Å². The molecule has 0 aliphatic carbocycles. The molecule has 0 unspecified atom stereocenters. The first-order chi connectivity index (χ1) is 10.6. The number of thiophene rings is 1. The van der Waals surface area contributed by atoms with E-state index in [9.17, 15) is 4.79 Å². The van der Waals surface area contributed by atoms with Gasteiger partial charge in [0, 0.05) is 23.2 Å². The topological polar surface area (TPSA) is 60.9 Å². The number of aromatic nitrogens is 3. The third kappa shape index (κ3) is 2.62. The summed E-state index contributed by atoms with van der Waals surface area (Å²) in [7, 11) is 0. The maximum Gasteiger partial charge on any atom is 0.263 e. The van der Waals surface area contributed by atoms with Crippen molar-refractivity contribution in [3.05, 3.63) is 51.5 Å². The van der Waals surface area contributed by atoms with Crippen LogP contribution in [0.5, 0.6) is 0 Å². The van der Waals surface area contributed by atoms with Crippen LogP contribution in [0.1, 0.15) is 16.1 Å². The zero-order valence-corrected chi connectivity index (χ0v) is 14.0. The summed E-state index contributed by atoms with van der Waals surface area (Å²) in [6, 6.07) is 1.81. The standard InChI is InChI=1S/C15H15N3O2S2/c1-4-6-18-14(19)12-9(2)10(3)22-13(12)16-15(18)21-8-11-5-7-20-17-11/h4-5,7H,1,6,8H2,2-3H3. The highest BCUT2D eigenvalue weighted by molar-refractivity contribution is 7.98. The molecule has 0 aliphatic heterocycles. The molecular formula is C15H15N3O2S2. The van der Waals surface area contributed by atoms with Crippen molar-refractivity contribution < 1.29 is 4.52 Å². The quantitative estimate of drug-likeness (QED) is 0.406. The van der Waals surface area contributed by atoms with Gasteiger partial charge in [0.25, 0.3) is 5.56 Å². The van der Waals surface area contributed by atoms with Gasteiger partial charge in [0.05, 0.1) is 11.1 Å². The van der Waals surface area contributed by atoms with Crippen molar-refractivity contribution in [2.24, 2.45) is 0 Å². The molecule has 114 valence electrons. The Kier molecular flexibility index (Phi) is 4.17. The van der Waals surface area contributed by atoms with Crippen LogP contribution in [0, 0.1) is 13.8 Å². The largest absolute Gasteiger partial charge is 0.364 e. The fraction of sp³-hybridized carbons (Fsp3) is 0.267. The van der Waals surface area contributed by atoms with Gasteiger partial charge in [-0.3, -0.25) is 9.36 Å². The van der Waals surface area contributed by atoms with E-state index in [0.29, 0.717) is 17.5 Å². The lowest BCUT2D eigenvalue weighted by atomic mass is 10.2. The summed E-state index contributed by atoms with van der Waals surface area (Å²) >= 11 is 3.04. The van der Waals surface area contributed by atoms with E-state index in [4.69, 9.17) is 4.52 Å². The second-order valence-corrected chi connectivity index (χ2v) is 6.99. The van der Waals surface area contributed by atoms with E-state index < -0.39 is 0 Å². The molecule has 3 rings (SSSR count). The Bertz CT molecular complexity index is 878. The van der Waals surface area contributed by atoms with Crippen LogP contribution in [0.25, 0.3) is 10.2 Å². The van der Waals surface area contributed by atoms with Gasteiger partial charge in [0.2, 0.25) is 0 Å². The van der Waals surface area contributed by atoms with Crippen molar-refractivity contribution in [1.29, 1.82) is 0 Å². The third-order valence-corrected chi connectivity index (χ3v) is 5.52. The monoisotopic (exact) mass is 333 g/mol. The first-order valence-electron chi connectivity index (χ1n) is 6.75. The van der Waals surface area contributed by atoms with Crippen molar-refractivity contribution in [2.75, 3.05) is 0 Å². The summed E-state index contributed by atoms with van der Waals surface area (Å²) in [5.41, 5.74) is 1.83. The number of rotatable bonds is 5. The van der Waals surface area contributed by atoms with Crippen molar-refractivity contribution >= 4 is 33.3 Å². The van der Waals surface area contributed by atoms with E-state index in [1.165, 1.54) is 18.0 Å². The van der Waals surface area contributed by atoms with E-state index in [0.717, 1.165) is 26.4 Å². The van der Waals surface area contributed by atoms with Crippen LogP contribution in [0.4, 0.5) is 0 Å². The summed E-state index contributed by atoms with van der Waals surface area (Å²) in [4.78, 5) is 19.4. The molecule has 3 aromatic rings. The van der Waals surface area contributed by atoms with Crippen molar-refractivity contribution in [1.82, 2.24) is 14.7 Å². The summed E-state index contributed by atoms with van der Waals surface area (Å²) in [5, 5.41) is 5.28. The Morgan fingerprint density at radius 1 is 1.50 bits per heavy atom. The predicted octanol–water partition coefficient (Wildman–Crippen LogP) is 3.54. The van der Waals surface area contributed by atoms with Crippen LogP contribution in [0.3, 0.4) is 0 Å². The number of nitrogens with zero attached hydrogens (tertiary/aromatic N) is 3. The third-order valence-electron chi connectivity index (χ3n) is 3.41. The molecule has 0 aliphatic rings. The van der Waals surface area contributed by atoms with E-state index >= 15 is 0 Å². The number of hydrogen-bond donors (Lipinski definition) is 0. The highest BCUT2D eigenvalue weighted by Gasteiger charge is 2.16. The fourth-order valence-electron chi connectivity index (χ4n) is 2.16. The van der Waals surface area contributed by atoms with Gasteiger partial charge in [-0.1, -0.05) is 23.0 Å². The maximum absolute atomic E-state index is 12.8. The SMILES string of the molecule is C=CCn1c(SCc2ccon2)nc2sc(C)c(C)c2c1=O. The van der Waals surface area contributed by atoms with Gasteiger partial charge in [-0.25, -0.2) is 4.98 Å². The molecule has 0 saturated carbocycles. The van der Waals surface area contributed by atoms with Crippen LogP contribution in [0.15, 0.2) is 39.5 Å². The van der Waals surface area contributed by atoms with Crippen LogP contribution >= 0.6 is 23.1 Å². The average Bonchev–Trinajstić information content (AvgIpc) is 3.10. The number of allylic oxidation sites excluding steroid dienone is 1. The number of hydrogen-bond acceptors (Lipinski definition) is 6. The first kappa shape index (κ1) is 15.1. The van der Waals surface area contributed by atoms with Crippen LogP contribution in [-0.2, 0) is 12.3 Å². The molecule has 0 saturated heterocycles. The van der Waals surface area contributed by atoms with E-state index in [2.05, 4.69) is 16.7 Å². The lowest BCUT2D eigenvalue weighted by molar-refractivity contribution is 0.414. The first-order valence-corrected chi connectivity index (χ1v) is 8.55. The molecule has 0 aromatic carbocycles. The Morgan fingerprint density at radius 2 is 2.32 bits per heavy atom. The molecule has 0 amide bonds. The Labute approximate surface area is 135 Å². The molecule has 22 heavy (non-hydrogen) atoms. The van der Waals surface area contributed by atoms with E-state index in [-0.39, 0.29) is 5.56 Å². The van der Waals surface area contributed by atoms with E-state index in [1.807, 2.05) is 13.8 Å². The number of thioether (sulfide) groups is 1. The van der Waals surface area contributed by atoms with Crippen LogP contribution in [-0.4, -0.2) is 14.7 Å². The minimum absolute atomic E-state index is 0.00518. The van der Waals surface area contributed by atoms with Crippen molar-refractivity contribution in [3.8, 4) is 0 Å². The molecule has 7 heteroatoms. The fourth-order valence-corrected chi connectivity index (χ4v) is 4.13. The molecule has 5 nitrogen and oxygen atoms in total. The summed E-state index contributed by atoms with van der Waals surface area (Å²) in [6.07, 6.45) is 3.25. The summed E-state index contributed by atoms with van der Waals surface area (Å²) in [5.74, 6) is 0.606. The molecule has 0 spiro atoms. The molecule has 0 bridgehead atoms.